The van der Waals surface area contributed by atoms with Gasteiger partial charge in [-0.25, -0.2) is 4.39 Å². The molecule has 1 aliphatic rings. The Hall–Kier alpha value is -1.33. The minimum Gasteiger partial charge on any atom is -0.490 e. The van der Waals surface area contributed by atoms with E-state index in [1.54, 1.807) is 12.1 Å². The largest absolute Gasteiger partial charge is 0.490 e. The van der Waals surface area contributed by atoms with Crippen molar-refractivity contribution in [2.75, 3.05) is 13.1 Å². The van der Waals surface area contributed by atoms with Crippen LogP contribution in [0.2, 0.25) is 0 Å². The maximum absolute atomic E-state index is 12.8. The Balaban J connectivity index is 0.00000242. The number of hydrogen-bond acceptors (Lipinski definition) is 3. The molecule has 0 saturated carbocycles. The molecule has 1 aliphatic heterocycles. The van der Waals surface area contributed by atoms with Crippen LogP contribution < -0.4 is 10.5 Å². The summed E-state index contributed by atoms with van der Waals surface area (Å²) < 4.78 is 18.6. The second-order valence-corrected chi connectivity index (χ2v) is 5.87. The molecule has 1 atom stereocenters. The van der Waals surface area contributed by atoms with Gasteiger partial charge in [0, 0.05) is 25.9 Å². The molecule has 1 aromatic carbocycles. The average Bonchev–Trinajstić information content (AvgIpc) is 2.49. The van der Waals surface area contributed by atoms with E-state index in [1.807, 2.05) is 18.7 Å². The lowest BCUT2D eigenvalue weighted by Crippen LogP contribution is -2.50. The number of nitrogens with zero attached hydrogens (tertiary/aromatic N) is 1. The molecule has 124 valence electrons. The summed E-state index contributed by atoms with van der Waals surface area (Å²) in [6.07, 6.45) is 1.61. The summed E-state index contributed by atoms with van der Waals surface area (Å²) in [6, 6.07) is 5.59. The SMILES string of the molecule is CC(C)[C@@H](N)C(=O)N1CCC(Oc2ccc(F)cc2)CC1.Cl. The van der Waals surface area contributed by atoms with Crippen LogP contribution in [0.25, 0.3) is 0 Å². The first kappa shape index (κ1) is 18.7. The van der Waals surface area contributed by atoms with Crippen molar-refractivity contribution in [3.8, 4) is 5.75 Å². The maximum atomic E-state index is 12.8. The summed E-state index contributed by atoms with van der Waals surface area (Å²) >= 11 is 0. The van der Waals surface area contributed by atoms with E-state index in [0.717, 1.165) is 12.8 Å². The van der Waals surface area contributed by atoms with Crippen molar-refractivity contribution >= 4 is 18.3 Å². The van der Waals surface area contributed by atoms with Gasteiger partial charge < -0.3 is 15.4 Å². The lowest BCUT2D eigenvalue weighted by atomic mass is 10.0. The summed E-state index contributed by atoms with van der Waals surface area (Å²) in [6.45, 7) is 5.22. The highest BCUT2D eigenvalue weighted by molar-refractivity contribution is 5.85. The van der Waals surface area contributed by atoms with Crippen LogP contribution in [0.3, 0.4) is 0 Å². The normalized spacial score (nSPS) is 17.0. The van der Waals surface area contributed by atoms with Gasteiger partial charge >= 0.3 is 0 Å². The van der Waals surface area contributed by atoms with Crippen molar-refractivity contribution in [1.82, 2.24) is 4.90 Å². The Kier molecular flexibility index (Phi) is 7.10. The molecule has 0 aliphatic carbocycles. The molecule has 1 fully saturated rings. The number of rotatable bonds is 4. The van der Waals surface area contributed by atoms with Crippen LogP contribution in [0, 0.1) is 11.7 Å². The Morgan fingerprint density at radius 3 is 2.32 bits per heavy atom. The molecule has 2 N–H and O–H groups in total. The topological polar surface area (TPSA) is 55.6 Å². The van der Waals surface area contributed by atoms with E-state index in [-0.39, 0.29) is 36.2 Å². The Labute approximate surface area is 137 Å². The first-order valence-corrected chi connectivity index (χ1v) is 7.44. The molecule has 1 heterocycles. The number of hydrogen-bond donors (Lipinski definition) is 1. The molecule has 6 heteroatoms. The van der Waals surface area contributed by atoms with E-state index in [4.69, 9.17) is 10.5 Å². The van der Waals surface area contributed by atoms with Gasteiger partial charge in [-0.1, -0.05) is 13.8 Å². The summed E-state index contributed by atoms with van der Waals surface area (Å²) in [5.41, 5.74) is 5.91. The van der Waals surface area contributed by atoms with Gasteiger partial charge in [-0.3, -0.25) is 4.79 Å². The van der Waals surface area contributed by atoms with Crippen LogP contribution in [0.15, 0.2) is 24.3 Å². The van der Waals surface area contributed by atoms with E-state index in [1.165, 1.54) is 12.1 Å². The predicted octanol–water partition coefficient (Wildman–Crippen LogP) is 2.60. The highest BCUT2D eigenvalue weighted by Gasteiger charge is 2.28. The standard InChI is InChI=1S/C16H23FN2O2.ClH/c1-11(2)15(18)16(20)19-9-7-14(8-10-19)21-13-5-3-12(17)4-6-13;/h3-6,11,14-15H,7-10,18H2,1-2H3;1H/t15-;/m1./s1. The lowest BCUT2D eigenvalue weighted by Gasteiger charge is -2.34. The highest BCUT2D eigenvalue weighted by atomic mass is 35.5. The zero-order valence-electron chi connectivity index (χ0n) is 13.0. The molecule has 2 rings (SSSR count). The molecule has 1 saturated heterocycles. The minimum atomic E-state index is -0.431. The Bertz CT molecular complexity index is 474. The smallest absolute Gasteiger partial charge is 0.239 e. The van der Waals surface area contributed by atoms with Gasteiger partial charge in [-0.2, -0.15) is 0 Å². The monoisotopic (exact) mass is 330 g/mol. The van der Waals surface area contributed by atoms with Gasteiger partial charge in [0.2, 0.25) is 5.91 Å². The van der Waals surface area contributed by atoms with Crippen LogP contribution in [0.4, 0.5) is 4.39 Å². The van der Waals surface area contributed by atoms with Crippen LogP contribution in [-0.4, -0.2) is 36.0 Å². The molecule has 0 radical (unpaired) electrons. The second-order valence-electron chi connectivity index (χ2n) is 5.87. The quantitative estimate of drug-likeness (QED) is 0.923. The number of piperidine rings is 1. The van der Waals surface area contributed by atoms with Gasteiger partial charge in [0.05, 0.1) is 6.04 Å². The average molecular weight is 331 g/mol. The van der Waals surface area contributed by atoms with E-state index in [9.17, 15) is 9.18 Å². The molecule has 0 spiro atoms. The third-order valence-corrected chi connectivity index (χ3v) is 3.87. The number of amides is 1. The van der Waals surface area contributed by atoms with Crippen molar-refractivity contribution in [1.29, 1.82) is 0 Å². The summed E-state index contributed by atoms with van der Waals surface area (Å²) in [5.74, 6) is 0.557. The van der Waals surface area contributed by atoms with Crippen molar-refractivity contribution < 1.29 is 13.9 Å². The van der Waals surface area contributed by atoms with Gasteiger partial charge in [0.1, 0.15) is 17.7 Å². The third-order valence-electron chi connectivity index (χ3n) is 3.87. The molecule has 0 bridgehead atoms. The molecule has 1 amide bonds. The molecular formula is C16H24ClFN2O2. The van der Waals surface area contributed by atoms with Gasteiger partial charge in [0.25, 0.3) is 0 Å². The second kappa shape index (κ2) is 8.34. The molecule has 0 aromatic heterocycles. The van der Waals surface area contributed by atoms with Crippen molar-refractivity contribution in [2.24, 2.45) is 11.7 Å². The van der Waals surface area contributed by atoms with Gasteiger partial charge in [-0.15, -0.1) is 12.4 Å². The number of ether oxygens (including phenoxy) is 1. The van der Waals surface area contributed by atoms with Crippen molar-refractivity contribution in [3.05, 3.63) is 30.1 Å². The number of halogens is 2. The Morgan fingerprint density at radius 2 is 1.82 bits per heavy atom. The van der Waals surface area contributed by atoms with Crippen LogP contribution in [-0.2, 0) is 4.79 Å². The third kappa shape index (κ3) is 4.85. The zero-order valence-corrected chi connectivity index (χ0v) is 13.8. The van der Waals surface area contributed by atoms with Gasteiger partial charge in [-0.05, 0) is 30.2 Å². The molecule has 4 nitrogen and oxygen atoms in total. The van der Waals surface area contributed by atoms with Gasteiger partial charge in [0.15, 0.2) is 0 Å². The fraction of sp³-hybridized carbons (Fsp3) is 0.562. The molecule has 1 aromatic rings. The van der Waals surface area contributed by atoms with E-state index >= 15 is 0 Å². The predicted molar refractivity (Wildman–Crippen MR) is 86.7 cm³/mol. The lowest BCUT2D eigenvalue weighted by molar-refractivity contribution is -0.135. The first-order valence-electron chi connectivity index (χ1n) is 7.44. The van der Waals surface area contributed by atoms with Crippen LogP contribution in [0.1, 0.15) is 26.7 Å². The zero-order chi connectivity index (χ0) is 15.4. The fourth-order valence-electron chi connectivity index (χ4n) is 2.40. The number of nitrogens with two attached hydrogens (primary N) is 1. The van der Waals surface area contributed by atoms with Crippen molar-refractivity contribution in [3.63, 3.8) is 0 Å². The number of carbonyl (C=O) groups is 1. The van der Waals surface area contributed by atoms with Crippen molar-refractivity contribution in [2.45, 2.75) is 38.8 Å². The van der Waals surface area contributed by atoms with Crippen LogP contribution in [0.5, 0.6) is 5.75 Å². The molecular weight excluding hydrogens is 307 g/mol. The number of likely N-dealkylation sites (tertiary alicyclic amines) is 1. The van der Waals surface area contributed by atoms with E-state index in [0.29, 0.717) is 18.8 Å². The maximum Gasteiger partial charge on any atom is 0.239 e. The fourth-order valence-corrected chi connectivity index (χ4v) is 2.40. The van der Waals surface area contributed by atoms with Crippen LogP contribution >= 0.6 is 12.4 Å². The highest BCUT2D eigenvalue weighted by Crippen LogP contribution is 2.20. The molecule has 22 heavy (non-hydrogen) atoms. The summed E-state index contributed by atoms with van der Waals surface area (Å²) in [4.78, 5) is 14.0. The summed E-state index contributed by atoms with van der Waals surface area (Å²) in [5, 5.41) is 0. The first-order chi connectivity index (χ1) is 9.97. The number of carbonyl (C=O) groups excluding carboxylic acids is 1. The van der Waals surface area contributed by atoms with E-state index in [2.05, 4.69) is 0 Å². The molecule has 0 unspecified atom stereocenters. The summed E-state index contributed by atoms with van der Waals surface area (Å²) in [7, 11) is 0. The Morgan fingerprint density at radius 1 is 1.27 bits per heavy atom. The minimum absolute atomic E-state index is 0. The number of benzene rings is 1. The van der Waals surface area contributed by atoms with E-state index < -0.39 is 6.04 Å².